The number of rotatable bonds is 6. The largest absolute Gasteiger partial charge is 0.350 e. The second-order valence-corrected chi connectivity index (χ2v) is 6.78. The lowest BCUT2D eigenvalue weighted by atomic mass is 9.90. The van der Waals surface area contributed by atoms with Gasteiger partial charge in [-0.15, -0.1) is 0 Å². The molecule has 2 heterocycles. The molecule has 0 aliphatic carbocycles. The van der Waals surface area contributed by atoms with E-state index < -0.39 is 0 Å². The molecule has 1 aliphatic rings. The van der Waals surface area contributed by atoms with E-state index in [4.69, 9.17) is 0 Å². The van der Waals surface area contributed by atoms with Crippen molar-refractivity contribution < 1.29 is 9.59 Å². The monoisotopic (exact) mass is 355 g/mol. The molecule has 2 amide bonds. The highest BCUT2D eigenvalue weighted by atomic mass is 16.2. The molecular weight excluding hydrogens is 330 g/mol. The Balaban J connectivity index is 1.54. The first kappa shape index (κ1) is 18.1. The number of hydrogen-bond acceptors (Lipinski definition) is 4. The Morgan fingerprint density at radius 2 is 2.08 bits per heavy atom. The summed E-state index contributed by atoms with van der Waals surface area (Å²) in [7, 11) is 3.55. The zero-order valence-electron chi connectivity index (χ0n) is 15.2. The van der Waals surface area contributed by atoms with Gasteiger partial charge in [0.25, 0.3) is 0 Å². The molecule has 3 rings (SSSR count). The van der Waals surface area contributed by atoms with Crippen LogP contribution in [0.5, 0.6) is 0 Å². The van der Waals surface area contributed by atoms with Crippen LogP contribution in [0.25, 0.3) is 0 Å². The average molecular weight is 355 g/mol. The molecule has 2 N–H and O–H groups in total. The summed E-state index contributed by atoms with van der Waals surface area (Å²) in [4.78, 5) is 26.5. The molecule has 138 valence electrons. The number of carbonyl (C=O) groups is 2. The van der Waals surface area contributed by atoms with Crippen LogP contribution in [0.2, 0.25) is 0 Å². The number of benzene rings is 1. The Morgan fingerprint density at radius 3 is 2.77 bits per heavy atom. The van der Waals surface area contributed by atoms with Crippen molar-refractivity contribution in [3.05, 3.63) is 53.9 Å². The minimum absolute atomic E-state index is 0.0151. The predicted molar refractivity (Wildman–Crippen MR) is 98.2 cm³/mol. The van der Waals surface area contributed by atoms with Crippen LogP contribution in [0, 0.1) is 5.92 Å². The van der Waals surface area contributed by atoms with Crippen LogP contribution < -0.4 is 10.6 Å². The van der Waals surface area contributed by atoms with Gasteiger partial charge < -0.3 is 15.5 Å². The van der Waals surface area contributed by atoms with E-state index in [1.54, 1.807) is 11.7 Å². The topological polar surface area (TPSA) is 79.3 Å². The second kappa shape index (κ2) is 8.14. The smallest absolute Gasteiger partial charge is 0.239 e. The van der Waals surface area contributed by atoms with Gasteiger partial charge in [-0.25, -0.2) is 0 Å². The van der Waals surface area contributed by atoms with Crippen molar-refractivity contribution in [1.82, 2.24) is 25.3 Å². The van der Waals surface area contributed by atoms with Crippen LogP contribution in [0.15, 0.2) is 42.7 Å². The molecule has 1 fully saturated rings. The first-order chi connectivity index (χ1) is 12.5. The van der Waals surface area contributed by atoms with Crippen LogP contribution in [-0.4, -0.2) is 53.2 Å². The highest BCUT2D eigenvalue weighted by Gasteiger charge is 2.36. The molecule has 1 aliphatic heterocycles. The van der Waals surface area contributed by atoms with Gasteiger partial charge in [-0.3, -0.25) is 14.3 Å². The summed E-state index contributed by atoms with van der Waals surface area (Å²) in [6.45, 7) is 1.89. The highest BCUT2D eigenvalue weighted by molar-refractivity contribution is 5.86. The third kappa shape index (κ3) is 4.29. The highest BCUT2D eigenvalue weighted by Crippen LogP contribution is 2.29. The Bertz CT molecular complexity index is 758. The van der Waals surface area contributed by atoms with E-state index in [1.807, 2.05) is 49.8 Å². The van der Waals surface area contributed by atoms with Gasteiger partial charge in [-0.2, -0.15) is 5.10 Å². The fraction of sp³-hybridized carbons (Fsp3) is 0.421. The van der Waals surface area contributed by atoms with Crippen LogP contribution in [0.4, 0.5) is 0 Å². The molecule has 2 aromatic rings. The fourth-order valence-corrected chi connectivity index (χ4v) is 3.35. The lowest BCUT2D eigenvalue weighted by molar-refractivity contribution is -0.137. The van der Waals surface area contributed by atoms with Gasteiger partial charge in [0.15, 0.2) is 0 Å². The number of likely N-dealkylation sites (N-methyl/N-ethyl adjacent to an activating group) is 1. The molecule has 26 heavy (non-hydrogen) atoms. The minimum atomic E-state index is -0.175. The summed E-state index contributed by atoms with van der Waals surface area (Å²) >= 11 is 0. The number of aryl methyl sites for hydroxylation is 1. The fourth-order valence-electron chi connectivity index (χ4n) is 3.35. The molecule has 0 spiro atoms. The Morgan fingerprint density at radius 1 is 1.31 bits per heavy atom. The van der Waals surface area contributed by atoms with E-state index in [2.05, 4.69) is 15.7 Å². The number of aromatic nitrogens is 2. The zero-order valence-corrected chi connectivity index (χ0v) is 15.2. The molecule has 0 radical (unpaired) electrons. The Hall–Kier alpha value is -2.67. The molecule has 0 saturated carbocycles. The lowest BCUT2D eigenvalue weighted by Gasteiger charge is -2.23. The van der Waals surface area contributed by atoms with E-state index in [0.717, 1.165) is 17.7 Å². The van der Waals surface area contributed by atoms with E-state index in [9.17, 15) is 9.59 Å². The molecular formula is C19H25N5O2. The summed E-state index contributed by atoms with van der Waals surface area (Å²) in [6.07, 6.45) is 3.76. The molecule has 0 unspecified atom stereocenters. The van der Waals surface area contributed by atoms with Crippen molar-refractivity contribution in [3.8, 4) is 0 Å². The van der Waals surface area contributed by atoms with Gasteiger partial charge in [0.1, 0.15) is 0 Å². The maximum Gasteiger partial charge on any atom is 0.239 e. The van der Waals surface area contributed by atoms with E-state index in [0.29, 0.717) is 13.1 Å². The molecule has 2 atom stereocenters. The first-order valence-electron chi connectivity index (χ1n) is 8.79. The molecule has 1 aromatic carbocycles. The van der Waals surface area contributed by atoms with Gasteiger partial charge in [-0.05, 0) is 11.1 Å². The normalized spacial score (nSPS) is 19.3. The van der Waals surface area contributed by atoms with Gasteiger partial charge >= 0.3 is 0 Å². The second-order valence-electron chi connectivity index (χ2n) is 6.78. The van der Waals surface area contributed by atoms with Gasteiger partial charge in [0.2, 0.25) is 11.8 Å². The third-order valence-electron chi connectivity index (χ3n) is 4.77. The number of carbonyl (C=O) groups excluding carboxylic acids is 2. The van der Waals surface area contributed by atoms with Crippen molar-refractivity contribution in [2.75, 3.05) is 26.7 Å². The summed E-state index contributed by atoms with van der Waals surface area (Å²) in [5, 5.41) is 10.3. The van der Waals surface area contributed by atoms with E-state index in [1.165, 1.54) is 4.90 Å². The van der Waals surface area contributed by atoms with Gasteiger partial charge in [0, 0.05) is 45.8 Å². The number of nitrogens with one attached hydrogen (secondary N) is 2. The molecule has 0 bridgehead atoms. The van der Waals surface area contributed by atoms with E-state index in [-0.39, 0.29) is 30.2 Å². The number of amides is 2. The van der Waals surface area contributed by atoms with Crippen LogP contribution >= 0.6 is 0 Å². The quantitative estimate of drug-likeness (QED) is 0.791. The average Bonchev–Trinajstić information content (AvgIpc) is 3.28. The summed E-state index contributed by atoms with van der Waals surface area (Å²) in [5.74, 6) is -0.260. The molecule has 7 nitrogen and oxygen atoms in total. The standard InChI is InChI=1S/C19H25N5O2/c1-23(13-18(25)21-8-14-6-4-3-5-7-14)19(26)17-11-20-10-16(17)15-9-22-24(2)12-15/h3-7,9,12,16-17,20H,8,10-11,13H2,1-2H3,(H,21,25)/t16-,17+/m1/s1. The molecule has 1 aromatic heterocycles. The maximum atomic E-state index is 12.8. The van der Waals surface area contributed by atoms with Crippen molar-refractivity contribution in [3.63, 3.8) is 0 Å². The van der Waals surface area contributed by atoms with Gasteiger partial charge in [0.05, 0.1) is 18.7 Å². The van der Waals surface area contributed by atoms with Gasteiger partial charge in [-0.1, -0.05) is 30.3 Å². The first-order valence-corrected chi connectivity index (χ1v) is 8.79. The van der Waals surface area contributed by atoms with Crippen molar-refractivity contribution >= 4 is 11.8 Å². The van der Waals surface area contributed by atoms with Crippen LogP contribution in [0.1, 0.15) is 17.0 Å². The summed E-state index contributed by atoms with van der Waals surface area (Å²) < 4.78 is 1.75. The lowest BCUT2D eigenvalue weighted by Crippen LogP contribution is -2.42. The molecule has 1 saturated heterocycles. The SMILES string of the molecule is CN(CC(=O)NCc1ccccc1)C(=O)[C@H]1CNC[C@@H]1c1cnn(C)c1. The number of hydrogen-bond donors (Lipinski definition) is 2. The molecule has 7 heteroatoms. The Kier molecular flexibility index (Phi) is 5.68. The minimum Gasteiger partial charge on any atom is -0.350 e. The van der Waals surface area contributed by atoms with E-state index >= 15 is 0 Å². The Labute approximate surface area is 153 Å². The third-order valence-corrected chi connectivity index (χ3v) is 4.77. The van der Waals surface area contributed by atoms with Crippen molar-refractivity contribution in [1.29, 1.82) is 0 Å². The number of nitrogens with zero attached hydrogens (tertiary/aromatic N) is 3. The zero-order chi connectivity index (χ0) is 18.5. The predicted octanol–water partition coefficient (Wildman–Crippen LogP) is 0.498. The van der Waals surface area contributed by atoms with Crippen molar-refractivity contribution in [2.45, 2.75) is 12.5 Å². The maximum absolute atomic E-state index is 12.8. The summed E-state index contributed by atoms with van der Waals surface area (Å²) in [6, 6.07) is 9.72. The summed E-state index contributed by atoms with van der Waals surface area (Å²) in [5.41, 5.74) is 2.09. The van der Waals surface area contributed by atoms with Crippen LogP contribution in [0.3, 0.4) is 0 Å². The van der Waals surface area contributed by atoms with Crippen LogP contribution in [-0.2, 0) is 23.2 Å². The van der Waals surface area contributed by atoms with Crippen molar-refractivity contribution in [2.24, 2.45) is 13.0 Å².